The Bertz CT molecular complexity index is 1190. The summed E-state index contributed by atoms with van der Waals surface area (Å²) in [5, 5.41) is 12.6. The van der Waals surface area contributed by atoms with Crippen molar-refractivity contribution in [3.8, 4) is 22.4 Å². The Kier molecular flexibility index (Phi) is 6.66. The van der Waals surface area contributed by atoms with Gasteiger partial charge in [-0.15, -0.1) is 0 Å². The predicted molar refractivity (Wildman–Crippen MR) is 125 cm³/mol. The number of nitrogens with zero attached hydrogens (tertiary/aromatic N) is 4. The van der Waals surface area contributed by atoms with Crippen molar-refractivity contribution in [1.29, 1.82) is 0 Å². The molecular formula is C22H21BrN6O2. The molecule has 1 aromatic carbocycles. The number of hydrogen-bond donors (Lipinski definition) is 3. The summed E-state index contributed by atoms with van der Waals surface area (Å²) in [7, 11) is 0. The lowest BCUT2D eigenvalue weighted by atomic mass is 10.0. The fraction of sp³-hybridized carbons (Fsp3) is 0.182. The number of nitrogens with two attached hydrogens (primary N) is 1. The zero-order valence-electron chi connectivity index (χ0n) is 16.6. The second-order valence-corrected chi connectivity index (χ2v) is 7.63. The minimum atomic E-state index is 0.0181. The van der Waals surface area contributed by atoms with E-state index in [-0.39, 0.29) is 6.61 Å². The molecule has 0 aliphatic heterocycles. The predicted octanol–water partition coefficient (Wildman–Crippen LogP) is 3.52. The highest BCUT2D eigenvalue weighted by Gasteiger charge is 2.14. The van der Waals surface area contributed by atoms with Crippen LogP contribution in [0.2, 0.25) is 0 Å². The SMILES string of the molecule is Nc1ncnc2nc(-c3ccc(NCCOCCO)nc3)cc(-c3cccc(Br)c3)c12. The van der Waals surface area contributed by atoms with Crippen molar-refractivity contribution in [2.24, 2.45) is 0 Å². The lowest BCUT2D eigenvalue weighted by Gasteiger charge is -2.12. The van der Waals surface area contributed by atoms with Gasteiger partial charge in [-0.3, -0.25) is 0 Å². The maximum Gasteiger partial charge on any atom is 0.165 e. The highest BCUT2D eigenvalue weighted by molar-refractivity contribution is 9.10. The van der Waals surface area contributed by atoms with Crippen molar-refractivity contribution in [3.63, 3.8) is 0 Å². The summed E-state index contributed by atoms with van der Waals surface area (Å²) in [6, 6.07) is 13.8. The van der Waals surface area contributed by atoms with Crippen LogP contribution in [0.3, 0.4) is 0 Å². The largest absolute Gasteiger partial charge is 0.394 e. The van der Waals surface area contributed by atoms with E-state index in [4.69, 9.17) is 20.6 Å². The average Bonchev–Trinajstić information content (AvgIpc) is 2.79. The molecule has 9 heteroatoms. The van der Waals surface area contributed by atoms with Crippen LogP contribution in [-0.2, 0) is 4.74 Å². The first-order valence-corrected chi connectivity index (χ1v) is 10.5. The summed E-state index contributed by atoms with van der Waals surface area (Å²) in [6.07, 6.45) is 3.18. The van der Waals surface area contributed by atoms with Gasteiger partial charge in [0.2, 0.25) is 0 Å². The highest BCUT2D eigenvalue weighted by Crippen LogP contribution is 2.34. The van der Waals surface area contributed by atoms with E-state index < -0.39 is 0 Å². The molecule has 3 heterocycles. The van der Waals surface area contributed by atoms with Crippen LogP contribution in [0.15, 0.2) is 59.5 Å². The Hall–Kier alpha value is -3.14. The number of pyridine rings is 2. The molecule has 4 aromatic rings. The van der Waals surface area contributed by atoms with E-state index in [9.17, 15) is 0 Å². The van der Waals surface area contributed by atoms with Crippen molar-refractivity contribution in [2.45, 2.75) is 0 Å². The van der Waals surface area contributed by atoms with Crippen molar-refractivity contribution in [2.75, 3.05) is 37.4 Å². The number of nitrogens with one attached hydrogen (secondary N) is 1. The van der Waals surface area contributed by atoms with Crippen molar-refractivity contribution in [3.05, 3.63) is 59.5 Å². The van der Waals surface area contributed by atoms with E-state index >= 15 is 0 Å². The van der Waals surface area contributed by atoms with Gasteiger partial charge in [0.05, 0.1) is 30.9 Å². The summed E-state index contributed by atoms with van der Waals surface area (Å²) in [6.45, 7) is 1.44. The number of rotatable bonds is 8. The lowest BCUT2D eigenvalue weighted by Crippen LogP contribution is -2.11. The minimum Gasteiger partial charge on any atom is -0.394 e. The molecule has 0 aliphatic rings. The van der Waals surface area contributed by atoms with Gasteiger partial charge < -0.3 is 20.9 Å². The molecule has 0 amide bonds. The van der Waals surface area contributed by atoms with E-state index in [0.29, 0.717) is 31.2 Å². The van der Waals surface area contributed by atoms with Crippen LogP contribution in [0.5, 0.6) is 0 Å². The van der Waals surface area contributed by atoms with Gasteiger partial charge in [-0.25, -0.2) is 19.9 Å². The Morgan fingerprint density at radius 2 is 1.94 bits per heavy atom. The smallest absolute Gasteiger partial charge is 0.165 e. The van der Waals surface area contributed by atoms with E-state index in [1.54, 1.807) is 6.20 Å². The molecule has 0 radical (unpaired) electrons. The Morgan fingerprint density at radius 1 is 1.03 bits per heavy atom. The number of fused-ring (bicyclic) bond motifs is 1. The molecule has 0 fully saturated rings. The quantitative estimate of drug-likeness (QED) is 0.327. The number of anilines is 2. The third-order valence-electron chi connectivity index (χ3n) is 4.62. The van der Waals surface area contributed by atoms with Crippen LogP contribution in [0.25, 0.3) is 33.4 Å². The average molecular weight is 481 g/mol. The van der Waals surface area contributed by atoms with Crippen molar-refractivity contribution < 1.29 is 9.84 Å². The summed E-state index contributed by atoms with van der Waals surface area (Å²) in [5.74, 6) is 1.12. The van der Waals surface area contributed by atoms with E-state index in [0.717, 1.165) is 38.1 Å². The number of ether oxygens (including phenoxy) is 1. The van der Waals surface area contributed by atoms with Gasteiger partial charge >= 0.3 is 0 Å². The van der Waals surface area contributed by atoms with Crippen LogP contribution in [0, 0.1) is 0 Å². The first-order chi connectivity index (χ1) is 15.2. The van der Waals surface area contributed by atoms with E-state index in [1.807, 2.05) is 42.5 Å². The Morgan fingerprint density at radius 3 is 2.71 bits per heavy atom. The van der Waals surface area contributed by atoms with Crippen molar-refractivity contribution >= 4 is 38.6 Å². The number of nitrogen functional groups attached to an aromatic ring is 1. The molecule has 8 nitrogen and oxygen atoms in total. The van der Waals surface area contributed by atoms with Crippen LogP contribution in [-0.4, -0.2) is 51.4 Å². The van der Waals surface area contributed by atoms with Crippen molar-refractivity contribution in [1.82, 2.24) is 19.9 Å². The molecule has 0 saturated heterocycles. The Balaban J connectivity index is 1.67. The zero-order valence-corrected chi connectivity index (χ0v) is 18.2. The first kappa shape index (κ1) is 21.1. The summed E-state index contributed by atoms with van der Waals surface area (Å²) < 4.78 is 6.20. The number of hydrogen-bond acceptors (Lipinski definition) is 8. The molecule has 158 valence electrons. The topological polar surface area (TPSA) is 119 Å². The molecule has 0 saturated carbocycles. The van der Waals surface area contributed by atoms with Gasteiger partial charge in [0.1, 0.15) is 18.0 Å². The van der Waals surface area contributed by atoms with Gasteiger partial charge in [-0.05, 0) is 41.5 Å². The van der Waals surface area contributed by atoms with Gasteiger partial charge in [0.25, 0.3) is 0 Å². The third-order valence-corrected chi connectivity index (χ3v) is 5.11. The fourth-order valence-electron chi connectivity index (χ4n) is 3.19. The second-order valence-electron chi connectivity index (χ2n) is 6.72. The molecule has 0 spiro atoms. The summed E-state index contributed by atoms with van der Waals surface area (Å²) in [5.41, 5.74) is 10.2. The number of halogens is 1. The standard InChI is InChI=1S/C22H21BrN6O2/c23-16-3-1-2-14(10-16)17-11-18(29-22-20(17)21(24)27-13-28-22)15-4-5-19(26-12-15)25-6-8-31-9-7-30/h1-5,10-13,30H,6-9H2,(H,25,26)(H2,24,27,28,29). The van der Waals surface area contributed by atoms with Gasteiger partial charge in [0, 0.05) is 22.8 Å². The summed E-state index contributed by atoms with van der Waals surface area (Å²) in [4.78, 5) is 17.6. The minimum absolute atomic E-state index is 0.0181. The van der Waals surface area contributed by atoms with Gasteiger partial charge in [-0.1, -0.05) is 28.1 Å². The molecule has 3 aromatic heterocycles. The molecule has 31 heavy (non-hydrogen) atoms. The lowest BCUT2D eigenvalue weighted by molar-refractivity contribution is 0.0992. The normalized spacial score (nSPS) is 11.0. The molecular weight excluding hydrogens is 460 g/mol. The Labute approximate surface area is 187 Å². The van der Waals surface area contributed by atoms with Crippen LogP contribution in [0.1, 0.15) is 0 Å². The molecule has 0 atom stereocenters. The summed E-state index contributed by atoms with van der Waals surface area (Å²) >= 11 is 3.53. The van der Waals surface area contributed by atoms with Gasteiger partial charge in [0.15, 0.2) is 5.65 Å². The molecule has 0 unspecified atom stereocenters. The third kappa shape index (κ3) is 4.96. The molecule has 4 rings (SSSR count). The highest BCUT2D eigenvalue weighted by atomic mass is 79.9. The zero-order chi connectivity index (χ0) is 21.6. The van der Waals surface area contributed by atoms with Crippen LogP contribution < -0.4 is 11.1 Å². The molecule has 0 bridgehead atoms. The number of aliphatic hydroxyl groups is 1. The van der Waals surface area contributed by atoms with Gasteiger partial charge in [-0.2, -0.15) is 0 Å². The number of aromatic nitrogens is 4. The monoisotopic (exact) mass is 480 g/mol. The maximum atomic E-state index is 8.73. The maximum absolute atomic E-state index is 8.73. The number of aliphatic hydroxyl groups excluding tert-OH is 1. The van der Waals surface area contributed by atoms with E-state index in [1.165, 1.54) is 6.33 Å². The molecule has 0 aliphatic carbocycles. The van der Waals surface area contributed by atoms with Crippen LogP contribution in [0.4, 0.5) is 11.6 Å². The fourth-order valence-corrected chi connectivity index (χ4v) is 3.59. The second kappa shape index (κ2) is 9.78. The first-order valence-electron chi connectivity index (χ1n) is 9.72. The molecule has 4 N–H and O–H groups in total. The van der Waals surface area contributed by atoms with E-state index in [2.05, 4.69) is 36.2 Å². The number of benzene rings is 1. The van der Waals surface area contributed by atoms with Crippen LogP contribution >= 0.6 is 15.9 Å².